The van der Waals surface area contributed by atoms with Crippen LogP contribution in [0.1, 0.15) is 62.6 Å². The van der Waals surface area contributed by atoms with Crippen molar-refractivity contribution >= 4 is 0 Å². The van der Waals surface area contributed by atoms with Crippen molar-refractivity contribution in [3.05, 3.63) is 34.9 Å². The predicted octanol–water partition coefficient (Wildman–Crippen LogP) is 4.18. The highest BCUT2D eigenvalue weighted by Gasteiger charge is 2.25. The predicted molar refractivity (Wildman–Crippen MR) is 76.5 cm³/mol. The number of benzene rings is 1. The van der Waals surface area contributed by atoms with Crippen LogP contribution in [-0.4, -0.2) is 6.04 Å². The smallest absolute Gasteiger partial charge is 0.000781 e. The molecule has 1 heteroatoms. The molecular weight excluding hydrogens is 206 g/mol. The van der Waals surface area contributed by atoms with Gasteiger partial charge in [-0.1, -0.05) is 37.6 Å². The molecule has 1 unspecified atom stereocenters. The standard InChI is InChI=1S/C12H16.C4H11N/c1-3-10-8-9(2)4-7-12(10)11-5-6-11;1-3-4(2)5/h4,7-8,11H,3,5-6H2,1-2H3;4H,3,5H2,1-2H3. The molecule has 0 aliphatic heterocycles. The zero-order chi connectivity index (χ0) is 12.8. The Kier molecular flexibility index (Phi) is 5.70. The summed E-state index contributed by atoms with van der Waals surface area (Å²) in [5.41, 5.74) is 9.87. The van der Waals surface area contributed by atoms with Gasteiger partial charge in [0.2, 0.25) is 0 Å². The quantitative estimate of drug-likeness (QED) is 0.832. The summed E-state index contributed by atoms with van der Waals surface area (Å²) >= 11 is 0. The van der Waals surface area contributed by atoms with Crippen molar-refractivity contribution in [3.8, 4) is 0 Å². The molecule has 0 saturated heterocycles. The van der Waals surface area contributed by atoms with Crippen LogP contribution in [0.3, 0.4) is 0 Å². The average molecular weight is 233 g/mol. The van der Waals surface area contributed by atoms with Gasteiger partial charge in [0, 0.05) is 6.04 Å². The molecule has 1 fully saturated rings. The van der Waals surface area contributed by atoms with Crippen molar-refractivity contribution in [1.29, 1.82) is 0 Å². The van der Waals surface area contributed by atoms with Gasteiger partial charge in [0.1, 0.15) is 0 Å². The molecule has 2 rings (SSSR count). The molecule has 0 bridgehead atoms. The molecule has 17 heavy (non-hydrogen) atoms. The summed E-state index contributed by atoms with van der Waals surface area (Å²) in [4.78, 5) is 0. The van der Waals surface area contributed by atoms with Gasteiger partial charge in [0.25, 0.3) is 0 Å². The van der Waals surface area contributed by atoms with Gasteiger partial charge in [-0.3, -0.25) is 0 Å². The van der Waals surface area contributed by atoms with Crippen molar-refractivity contribution in [1.82, 2.24) is 0 Å². The second-order valence-electron chi connectivity index (χ2n) is 5.22. The molecule has 0 aromatic heterocycles. The van der Waals surface area contributed by atoms with Gasteiger partial charge in [-0.15, -0.1) is 0 Å². The minimum atomic E-state index is 0.384. The third-order valence-electron chi connectivity index (χ3n) is 3.34. The Labute approximate surface area is 106 Å². The highest BCUT2D eigenvalue weighted by molar-refractivity contribution is 5.36. The lowest BCUT2D eigenvalue weighted by atomic mass is 9.99. The Hall–Kier alpha value is -0.820. The van der Waals surface area contributed by atoms with E-state index in [1.165, 1.54) is 24.8 Å². The summed E-state index contributed by atoms with van der Waals surface area (Å²) in [5, 5.41) is 0. The van der Waals surface area contributed by atoms with Crippen molar-refractivity contribution in [3.63, 3.8) is 0 Å². The van der Waals surface area contributed by atoms with Crippen molar-refractivity contribution in [2.24, 2.45) is 5.73 Å². The Balaban J connectivity index is 0.000000249. The Morgan fingerprint density at radius 2 is 1.88 bits per heavy atom. The Morgan fingerprint density at radius 1 is 1.29 bits per heavy atom. The molecular formula is C16H27N. The van der Waals surface area contributed by atoms with Crippen LogP contribution in [0, 0.1) is 6.92 Å². The third-order valence-corrected chi connectivity index (χ3v) is 3.34. The lowest BCUT2D eigenvalue weighted by Crippen LogP contribution is -2.11. The monoisotopic (exact) mass is 233 g/mol. The first-order chi connectivity index (χ1) is 8.08. The average Bonchev–Trinajstić information content (AvgIpc) is 3.13. The fourth-order valence-corrected chi connectivity index (χ4v) is 1.83. The Bertz CT molecular complexity index is 337. The van der Waals surface area contributed by atoms with Crippen LogP contribution in [0.5, 0.6) is 0 Å². The van der Waals surface area contributed by atoms with E-state index < -0.39 is 0 Å². The van der Waals surface area contributed by atoms with E-state index in [-0.39, 0.29) is 0 Å². The molecule has 1 aliphatic rings. The molecule has 1 aliphatic carbocycles. The van der Waals surface area contributed by atoms with Crippen LogP contribution in [0.15, 0.2) is 18.2 Å². The molecule has 0 radical (unpaired) electrons. The first-order valence-corrected chi connectivity index (χ1v) is 6.93. The van der Waals surface area contributed by atoms with Gasteiger partial charge < -0.3 is 5.73 Å². The van der Waals surface area contributed by atoms with Crippen molar-refractivity contribution in [2.75, 3.05) is 0 Å². The number of hydrogen-bond acceptors (Lipinski definition) is 1. The second kappa shape index (κ2) is 6.80. The fourth-order valence-electron chi connectivity index (χ4n) is 1.83. The lowest BCUT2D eigenvalue weighted by Gasteiger charge is -2.06. The van der Waals surface area contributed by atoms with E-state index in [0.717, 1.165) is 12.3 Å². The minimum Gasteiger partial charge on any atom is -0.328 e. The molecule has 1 nitrogen and oxygen atoms in total. The summed E-state index contributed by atoms with van der Waals surface area (Å²) in [6.45, 7) is 8.50. The van der Waals surface area contributed by atoms with E-state index in [2.05, 4.69) is 39.0 Å². The molecule has 96 valence electrons. The molecule has 0 spiro atoms. The van der Waals surface area contributed by atoms with E-state index in [9.17, 15) is 0 Å². The summed E-state index contributed by atoms with van der Waals surface area (Å²) in [6.07, 6.45) is 5.10. The number of nitrogens with two attached hydrogens (primary N) is 1. The molecule has 1 saturated carbocycles. The first kappa shape index (κ1) is 14.2. The molecule has 0 amide bonds. The van der Waals surface area contributed by atoms with Crippen LogP contribution in [0.4, 0.5) is 0 Å². The number of hydrogen-bond donors (Lipinski definition) is 1. The van der Waals surface area contributed by atoms with Gasteiger partial charge >= 0.3 is 0 Å². The summed E-state index contributed by atoms with van der Waals surface area (Å²) < 4.78 is 0. The number of rotatable bonds is 3. The second-order valence-corrected chi connectivity index (χ2v) is 5.22. The molecule has 1 aromatic carbocycles. The summed E-state index contributed by atoms with van der Waals surface area (Å²) in [6, 6.07) is 7.29. The maximum absolute atomic E-state index is 5.29. The van der Waals surface area contributed by atoms with Crippen LogP contribution in [0.25, 0.3) is 0 Å². The van der Waals surface area contributed by atoms with Gasteiger partial charge in [-0.25, -0.2) is 0 Å². The zero-order valence-corrected chi connectivity index (χ0v) is 11.8. The normalized spacial score (nSPS) is 16.1. The van der Waals surface area contributed by atoms with Gasteiger partial charge in [0.15, 0.2) is 0 Å². The molecule has 2 N–H and O–H groups in total. The topological polar surface area (TPSA) is 26.0 Å². The van der Waals surface area contributed by atoms with Crippen molar-refractivity contribution in [2.45, 2.75) is 65.3 Å². The van der Waals surface area contributed by atoms with Crippen LogP contribution in [-0.2, 0) is 6.42 Å². The third kappa shape index (κ3) is 4.91. The van der Waals surface area contributed by atoms with Crippen LogP contribution < -0.4 is 5.73 Å². The van der Waals surface area contributed by atoms with E-state index in [1.807, 2.05) is 6.92 Å². The SMILES string of the molecule is CCC(C)N.CCc1cc(C)ccc1C1CC1. The lowest BCUT2D eigenvalue weighted by molar-refractivity contribution is 0.715. The summed E-state index contributed by atoms with van der Waals surface area (Å²) in [7, 11) is 0. The molecule has 1 aromatic rings. The number of aryl methyl sites for hydroxylation is 2. The fraction of sp³-hybridized carbons (Fsp3) is 0.625. The van der Waals surface area contributed by atoms with Gasteiger partial charge in [-0.05, 0) is 56.6 Å². The van der Waals surface area contributed by atoms with Crippen LogP contribution >= 0.6 is 0 Å². The van der Waals surface area contributed by atoms with Gasteiger partial charge in [-0.2, -0.15) is 0 Å². The van der Waals surface area contributed by atoms with E-state index in [4.69, 9.17) is 5.73 Å². The highest BCUT2D eigenvalue weighted by atomic mass is 14.6. The maximum atomic E-state index is 5.29. The van der Waals surface area contributed by atoms with E-state index in [0.29, 0.717) is 6.04 Å². The highest BCUT2D eigenvalue weighted by Crippen LogP contribution is 2.41. The van der Waals surface area contributed by atoms with Gasteiger partial charge in [0.05, 0.1) is 0 Å². The van der Waals surface area contributed by atoms with Crippen molar-refractivity contribution < 1.29 is 0 Å². The minimum absolute atomic E-state index is 0.384. The van der Waals surface area contributed by atoms with E-state index >= 15 is 0 Å². The molecule has 0 heterocycles. The first-order valence-electron chi connectivity index (χ1n) is 6.93. The largest absolute Gasteiger partial charge is 0.328 e. The zero-order valence-electron chi connectivity index (χ0n) is 11.8. The maximum Gasteiger partial charge on any atom is 0.000781 e. The van der Waals surface area contributed by atoms with E-state index in [1.54, 1.807) is 11.1 Å². The van der Waals surface area contributed by atoms with Crippen LogP contribution in [0.2, 0.25) is 0 Å². The Morgan fingerprint density at radius 3 is 2.29 bits per heavy atom. The summed E-state index contributed by atoms with van der Waals surface area (Å²) in [5.74, 6) is 0.903. The molecule has 1 atom stereocenters.